The zero-order valence-electron chi connectivity index (χ0n) is 14.5. The van der Waals surface area contributed by atoms with E-state index in [0.717, 1.165) is 10.6 Å². The second-order valence-corrected chi connectivity index (χ2v) is 8.43. The molecule has 9 heteroatoms. The molecule has 0 spiro atoms. The first-order valence-electron chi connectivity index (χ1n) is 7.86. The second kappa shape index (κ2) is 7.61. The summed E-state index contributed by atoms with van der Waals surface area (Å²) in [6.07, 6.45) is 1.07. The Hall–Kier alpha value is -1.80. The van der Waals surface area contributed by atoms with Crippen molar-refractivity contribution in [2.45, 2.75) is 13.8 Å². The van der Waals surface area contributed by atoms with Crippen LogP contribution in [0, 0.1) is 6.92 Å². The van der Waals surface area contributed by atoms with Crippen LogP contribution in [-0.4, -0.2) is 69.0 Å². The molecule has 1 heterocycles. The quantitative estimate of drug-likeness (QED) is 0.775. The van der Waals surface area contributed by atoms with Crippen LogP contribution in [0.3, 0.4) is 0 Å². The third kappa shape index (κ3) is 4.85. The van der Waals surface area contributed by atoms with E-state index in [1.165, 1.54) is 6.92 Å². The molecule has 2 rings (SSSR count). The van der Waals surface area contributed by atoms with Gasteiger partial charge in [0.2, 0.25) is 21.8 Å². The molecule has 1 fully saturated rings. The van der Waals surface area contributed by atoms with Crippen molar-refractivity contribution in [1.82, 2.24) is 9.80 Å². The summed E-state index contributed by atoms with van der Waals surface area (Å²) in [7, 11) is -3.63. The fraction of sp³-hybridized carbons (Fsp3) is 0.500. The molecule has 138 valence electrons. The number of benzene rings is 1. The van der Waals surface area contributed by atoms with Crippen LogP contribution in [0.25, 0.3) is 0 Å². The molecule has 25 heavy (non-hydrogen) atoms. The van der Waals surface area contributed by atoms with Gasteiger partial charge >= 0.3 is 0 Å². The Balaban J connectivity index is 2.16. The highest BCUT2D eigenvalue weighted by molar-refractivity contribution is 7.92. The third-order valence-electron chi connectivity index (χ3n) is 4.18. The molecule has 7 nitrogen and oxygen atoms in total. The number of amides is 2. The molecular weight excluding hydrogens is 366 g/mol. The van der Waals surface area contributed by atoms with Gasteiger partial charge in [0.1, 0.15) is 6.54 Å². The van der Waals surface area contributed by atoms with E-state index >= 15 is 0 Å². The molecular formula is C16H22ClN3O4S. The number of anilines is 1. The average molecular weight is 388 g/mol. The largest absolute Gasteiger partial charge is 0.339 e. The van der Waals surface area contributed by atoms with Crippen molar-refractivity contribution < 1.29 is 18.0 Å². The van der Waals surface area contributed by atoms with E-state index in [1.54, 1.807) is 34.9 Å². The van der Waals surface area contributed by atoms with Crippen LogP contribution in [0.5, 0.6) is 0 Å². The topological polar surface area (TPSA) is 78.0 Å². The van der Waals surface area contributed by atoms with Crippen LogP contribution in [0.2, 0.25) is 5.02 Å². The summed E-state index contributed by atoms with van der Waals surface area (Å²) in [6.45, 7) is 4.67. The summed E-state index contributed by atoms with van der Waals surface area (Å²) in [5.74, 6) is -0.315. The van der Waals surface area contributed by atoms with Crippen LogP contribution < -0.4 is 4.31 Å². The van der Waals surface area contributed by atoms with Gasteiger partial charge in [-0.25, -0.2) is 8.42 Å². The summed E-state index contributed by atoms with van der Waals surface area (Å²) in [4.78, 5) is 27.2. The van der Waals surface area contributed by atoms with Crippen molar-refractivity contribution in [3.05, 3.63) is 28.8 Å². The Morgan fingerprint density at radius 1 is 1.16 bits per heavy atom. The molecule has 2 amide bonds. The number of aryl methyl sites for hydroxylation is 1. The zero-order valence-corrected chi connectivity index (χ0v) is 16.1. The van der Waals surface area contributed by atoms with Gasteiger partial charge < -0.3 is 9.80 Å². The molecule has 0 radical (unpaired) electrons. The first-order chi connectivity index (χ1) is 11.6. The van der Waals surface area contributed by atoms with E-state index < -0.39 is 10.0 Å². The molecule has 1 saturated heterocycles. The lowest BCUT2D eigenvalue weighted by molar-refractivity contribution is -0.137. The Bertz CT molecular complexity index is 774. The van der Waals surface area contributed by atoms with Crippen LogP contribution in [0.4, 0.5) is 5.69 Å². The predicted molar refractivity (Wildman–Crippen MR) is 97.2 cm³/mol. The van der Waals surface area contributed by atoms with Crippen molar-refractivity contribution in [3.8, 4) is 0 Å². The maximum atomic E-state index is 12.6. The van der Waals surface area contributed by atoms with Crippen molar-refractivity contribution in [2.24, 2.45) is 0 Å². The molecule has 0 aliphatic carbocycles. The third-order valence-corrected chi connectivity index (χ3v) is 5.55. The van der Waals surface area contributed by atoms with Crippen LogP contribution in [-0.2, 0) is 19.6 Å². The number of carbonyl (C=O) groups excluding carboxylic acids is 2. The van der Waals surface area contributed by atoms with Crippen LogP contribution in [0.1, 0.15) is 12.5 Å². The maximum absolute atomic E-state index is 12.6. The summed E-state index contributed by atoms with van der Waals surface area (Å²) in [6, 6.07) is 4.85. The van der Waals surface area contributed by atoms with Crippen molar-refractivity contribution in [2.75, 3.05) is 43.3 Å². The monoisotopic (exact) mass is 387 g/mol. The lowest BCUT2D eigenvalue weighted by Crippen LogP contribution is -2.52. The van der Waals surface area contributed by atoms with Crippen molar-refractivity contribution >= 4 is 39.1 Å². The lowest BCUT2D eigenvalue weighted by Gasteiger charge is -2.35. The van der Waals surface area contributed by atoms with E-state index in [4.69, 9.17) is 11.6 Å². The van der Waals surface area contributed by atoms with E-state index in [9.17, 15) is 18.0 Å². The molecule has 0 bridgehead atoms. The fourth-order valence-corrected chi connectivity index (χ4v) is 3.91. The van der Waals surface area contributed by atoms with Gasteiger partial charge in [-0.3, -0.25) is 13.9 Å². The number of halogens is 1. The highest BCUT2D eigenvalue weighted by atomic mass is 35.5. The number of carbonyl (C=O) groups is 2. The van der Waals surface area contributed by atoms with E-state index in [2.05, 4.69) is 0 Å². The second-order valence-electron chi connectivity index (χ2n) is 6.09. The Kier molecular flexibility index (Phi) is 5.95. The number of sulfonamides is 1. The SMILES string of the molecule is CC(=O)N1CCN(C(=O)CN(c2ccc(Cl)cc2C)S(C)(=O)=O)CC1. The van der Waals surface area contributed by atoms with Gasteiger partial charge in [-0.05, 0) is 30.7 Å². The van der Waals surface area contributed by atoms with Crippen molar-refractivity contribution in [3.63, 3.8) is 0 Å². The molecule has 0 atom stereocenters. The molecule has 1 aromatic rings. The number of piperazine rings is 1. The van der Waals surface area contributed by atoms with Crippen LogP contribution in [0.15, 0.2) is 18.2 Å². The van der Waals surface area contributed by atoms with Gasteiger partial charge in [-0.1, -0.05) is 11.6 Å². The van der Waals surface area contributed by atoms with E-state index in [1.807, 2.05) is 0 Å². The number of nitrogens with zero attached hydrogens (tertiary/aromatic N) is 3. The summed E-state index contributed by atoms with van der Waals surface area (Å²) >= 11 is 5.93. The van der Waals surface area contributed by atoms with Gasteiger partial charge in [0.25, 0.3) is 0 Å². The van der Waals surface area contributed by atoms with Gasteiger partial charge in [-0.2, -0.15) is 0 Å². The minimum atomic E-state index is -3.63. The summed E-state index contributed by atoms with van der Waals surface area (Å²) < 4.78 is 25.5. The Labute approximate surface area is 153 Å². The normalized spacial score (nSPS) is 15.2. The highest BCUT2D eigenvalue weighted by Gasteiger charge is 2.27. The fourth-order valence-electron chi connectivity index (χ4n) is 2.77. The van der Waals surface area contributed by atoms with Gasteiger partial charge in [0, 0.05) is 38.1 Å². The minimum absolute atomic E-state index is 0.0262. The standard InChI is InChI=1S/C16H22ClN3O4S/c1-12-10-14(17)4-5-15(12)20(25(3,23)24)11-16(22)19-8-6-18(7-9-19)13(2)21/h4-5,10H,6-9,11H2,1-3H3. The van der Waals surface area contributed by atoms with Gasteiger partial charge in [0.15, 0.2) is 0 Å². The van der Waals surface area contributed by atoms with E-state index in [0.29, 0.717) is 42.5 Å². The molecule has 0 unspecified atom stereocenters. The summed E-state index contributed by atoms with van der Waals surface area (Å²) in [5.41, 5.74) is 1.11. The first-order valence-corrected chi connectivity index (χ1v) is 10.1. The molecule has 1 aliphatic rings. The molecule has 0 N–H and O–H groups in total. The smallest absolute Gasteiger partial charge is 0.243 e. The molecule has 1 aromatic carbocycles. The number of hydrogen-bond acceptors (Lipinski definition) is 4. The Morgan fingerprint density at radius 2 is 1.72 bits per heavy atom. The zero-order chi connectivity index (χ0) is 18.8. The van der Waals surface area contributed by atoms with E-state index in [-0.39, 0.29) is 18.4 Å². The number of rotatable bonds is 4. The molecule has 0 saturated carbocycles. The van der Waals surface area contributed by atoms with Gasteiger partial charge in [0.05, 0.1) is 11.9 Å². The molecule has 1 aliphatic heterocycles. The highest BCUT2D eigenvalue weighted by Crippen LogP contribution is 2.25. The first kappa shape index (κ1) is 19.5. The Morgan fingerprint density at radius 3 is 2.20 bits per heavy atom. The van der Waals surface area contributed by atoms with Crippen LogP contribution >= 0.6 is 11.6 Å². The number of hydrogen-bond donors (Lipinski definition) is 0. The molecule has 0 aromatic heterocycles. The van der Waals surface area contributed by atoms with Crippen molar-refractivity contribution in [1.29, 1.82) is 0 Å². The maximum Gasteiger partial charge on any atom is 0.243 e. The predicted octanol–water partition coefficient (Wildman–Crippen LogP) is 1.11. The van der Waals surface area contributed by atoms with Gasteiger partial charge in [-0.15, -0.1) is 0 Å². The summed E-state index contributed by atoms with van der Waals surface area (Å²) in [5, 5.41) is 0.501. The average Bonchev–Trinajstić information content (AvgIpc) is 2.52. The lowest BCUT2D eigenvalue weighted by atomic mass is 10.2. The minimum Gasteiger partial charge on any atom is -0.339 e.